The Hall–Kier alpha value is -0.520. The quantitative estimate of drug-likeness (QED) is 0.729. The van der Waals surface area contributed by atoms with Crippen LogP contribution in [-0.4, -0.2) is 24.7 Å². The average Bonchev–Trinajstić information content (AvgIpc) is 2.85. The molecule has 4 unspecified atom stereocenters. The third-order valence-corrected chi connectivity index (χ3v) is 4.46. The molecule has 1 saturated heterocycles. The Morgan fingerprint density at radius 1 is 1.29 bits per heavy atom. The van der Waals surface area contributed by atoms with Gasteiger partial charge in [0.1, 0.15) is 0 Å². The van der Waals surface area contributed by atoms with Gasteiger partial charge in [-0.15, -0.1) is 6.42 Å². The van der Waals surface area contributed by atoms with Gasteiger partial charge in [0.2, 0.25) is 0 Å². The standard InChI is InChI=1S/C15H26N2/c1-3-12(4-2)17-15-10-7-8-13(15)14-9-5-6-11-16-14/h1,12-17H,4-11H2,2H3. The van der Waals surface area contributed by atoms with E-state index in [4.69, 9.17) is 6.42 Å². The van der Waals surface area contributed by atoms with Crippen LogP contribution in [0.15, 0.2) is 0 Å². The summed E-state index contributed by atoms with van der Waals surface area (Å²) in [6.07, 6.45) is 14.7. The van der Waals surface area contributed by atoms with E-state index >= 15 is 0 Å². The maximum atomic E-state index is 5.56. The number of piperidine rings is 1. The highest BCUT2D eigenvalue weighted by molar-refractivity contribution is 5.02. The third kappa shape index (κ3) is 3.24. The lowest BCUT2D eigenvalue weighted by Gasteiger charge is -2.34. The van der Waals surface area contributed by atoms with Crippen molar-refractivity contribution in [3.63, 3.8) is 0 Å². The van der Waals surface area contributed by atoms with Crippen LogP contribution < -0.4 is 10.6 Å². The highest BCUT2D eigenvalue weighted by Crippen LogP contribution is 2.32. The average molecular weight is 234 g/mol. The van der Waals surface area contributed by atoms with Gasteiger partial charge in [-0.25, -0.2) is 0 Å². The van der Waals surface area contributed by atoms with E-state index in [-0.39, 0.29) is 6.04 Å². The predicted octanol–water partition coefficient (Wildman–Crippen LogP) is 2.30. The highest BCUT2D eigenvalue weighted by Gasteiger charge is 2.34. The van der Waals surface area contributed by atoms with E-state index in [1.54, 1.807) is 0 Å². The van der Waals surface area contributed by atoms with E-state index in [2.05, 4.69) is 23.5 Å². The largest absolute Gasteiger partial charge is 0.314 e. The monoisotopic (exact) mass is 234 g/mol. The molecule has 96 valence electrons. The lowest BCUT2D eigenvalue weighted by molar-refractivity contribution is 0.252. The lowest BCUT2D eigenvalue weighted by Crippen LogP contribution is -2.48. The summed E-state index contributed by atoms with van der Waals surface area (Å²) >= 11 is 0. The molecule has 0 aromatic heterocycles. The van der Waals surface area contributed by atoms with E-state index in [0.29, 0.717) is 6.04 Å². The van der Waals surface area contributed by atoms with Crippen LogP contribution in [0.2, 0.25) is 0 Å². The number of hydrogen-bond donors (Lipinski definition) is 2. The summed E-state index contributed by atoms with van der Waals surface area (Å²) in [5.74, 6) is 3.67. The van der Waals surface area contributed by atoms with Gasteiger partial charge in [0.15, 0.2) is 0 Å². The highest BCUT2D eigenvalue weighted by atomic mass is 15.0. The minimum Gasteiger partial charge on any atom is -0.314 e. The van der Waals surface area contributed by atoms with Crippen LogP contribution in [-0.2, 0) is 0 Å². The second-order valence-corrected chi connectivity index (χ2v) is 5.55. The Labute approximate surface area is 106 Å². The summed E-state index contributed by atoms with van der Waals surface area (Å²) in [6.45, 7) is 3.38. The van der Waals surface area contributed by atoms with Gasteiger partial charge in [-0.2, -0.15) is 0 Å². The van der Waals surface area contributed by atoms with Crippen molar-refractivity contribution in [1.29, 1.82) is 0 Å². The maximum Gasteiger partial charge on any atom is 0.0686 e. The van der Waals surface area contributed by atoms with Crippen LogP contribution in [0.25, 0.3) is 0 Å². The number of nitrogens with one attached hydrogen (secondary N) is 2. The second kappa shape index (κ2) is 6.42. The lowest BCUT2D eigenvalue weighted by atomic mass is 9.88. The van der Waals surface area contributed by atoms with E-state index in [0.717, 1.165) is 18.4 Å². The molecule has 0 spiro atoms. The number of hydrogen-bond acceptors (Lipinski definition) is 2. The molecule has 0 aromatic rings. The summed E-state index contributed by atoms with van der Waals surface area (Å²) < 4.78 is 0. The Morgan fingerprint density at radius 3 is 2.82 bits per heavy atom. The zero-order valence-corrected chi connectivity index (χ0v) is 11.0. The zero-order valence-electron chi connectivity index (χ0n) is 11.0. The summed E-state index contributed by atoms with van der Waals surface area (Å²) in [5, 5.41) is 7.40. The van der Waals surface area contributed by atoms with E-state index < -0.39 is 0 Å². The Bertz CT molecular complexity index is 263. The van der Waals surface area contributed by atoms with Gasteiger partial charge < -0.3 is 10.6 Å². The third-order valence-electron chi connectivity index (χ3n) is 4.46. The first-order chi connectivity index (χ1) is 8.35. The first kappa shape index (κ1) is 12.9. The van der Waals surface area contributed by atoms with E-state index in [1.807, 2.05) is 0 Å². The molecule has 2 N–H and O–H groups in total. The Balaban J connectivity index is 1.90. The Morgan fingerprint density at radius 2 is 2.18 bits per heavy atom. The fourth-order valence-corrected chi connectivity index (χ4v) is 3.46. The van der Waals surface area contributed by atoms with Gasteiger partial charge in [0, 0.05) is 12.1 Å². The molecule has 1 aliphatic carbocycles. The molecule has 1 saturated carbocycles. The van der Waals surface area contributed by atoms with Crippen molar-refractivity contribution in [3.05, 3.63) is 0 Å². The molecule has 2 rings (SSSR count). The number of terminal acetylenes is 1. The SMILES string of the molecule is C#CC(CC)NC1CCCC1C1CCCCN1. The van der Waals surface area contributed by atoms with Crippen LogP contribution in [0.1, 0.15) is 51.9 Å². The van der Waals surface area contributed by atoms with Crippen molar-refractivity contribution in [1.82, 2.24) is 10.6 Å². The zero-order chi connectivity index (χ0) is 12.1. The van der Waals surface area contributed by atoms with Gasteiger partial charge in [-0.1, -0.05) is 25.7 Å². The molecular formula is C15H26N2. The van der Waals surface area contributed by atoms with Crippen molar-refractivity contribution in [2.24, 2.45) is 5.92 Å². The molecule has 0 amide bonds. The molecule has 2 heteroatoms. The van der Waals surface area contributed by atoms with Crippen LogP contribution in [0.5, 0.6) is 0 Å². The van der Waals surface area contributed by atoms with Crippen LogP contribution in [0.3, 0.4) is 0 Å². The smallest absolute Gasteiger partial charge is 0.0686 e. The van der Waals surface area contributed by atoms with Crippen LogP contribution in [0, 0.1) is 18.3 Å². The van der Waals surface area contributed by atoms with E-state index in [9.17, 15) is 0 Å². The fourth-order valence-electron chi connectivity index (χ4n) is 3.46. The van der Waals surface area contributed by atoms with Gasteiger partial charge in [-0.05, 0) is 44.6 Å². The normalized spacial score (nSPS) is 35.4. The topological polar surface area (TPSA) is 24.1 Å². The fraction of sp³-hybridized carbons (Fsp3) is 0.867. The van der Waals surface area contributed by atoms with Crippen molar-refractivity contribution < 1.29 is 0 Å². The molecule has 4 atom stereocenters. The molecular weight excluding hydrogens is 208 g/mol. The molecule has 1 aliphatic heterocycles. The molecule has 2 aliphatic rings. The van der Waals surface area contributed by atoms with Crippen molar-refractivity contribution in [2.75, 3.05) is 6.54 Å². The minimum atomic E-state index is 0.268. The summed E-state index contributed by atoms with van der Waals surface area (Å²) in [6, 6.07) is 1.65. The first-order valence-corrected chi connectivity index (χ1v) is 7.30. The molecule has 2 fully saturated rings. The molecule has 0 bridgehead atoms. The molecule has 0 aromatic carbocycles. The van der Waals surface area contributed by atoms with Gasteiger partial charge in [-0.3, -0.25) is 0 Å². The van der Waals surface area contributed by atoms with E-state index in [1.165, 1.54) is 45.1 Å². The Kier molecular flexibility index (Phi) is 4.88. The van der Waals surface area contributed by atoms with Crippen LogP contribution in [0.4, 0.5) is 0 Å². The number of rotatable bonds is 4. The summed E-state index contributed by atoms with van der Waals surface area (Å²) in [5.41, 5.74) is 0. The summed E-state index contributed by atoms with van der Waals surface area (Å²) in [4.78, 5) is 0. The maximum absolute atomic E-state index is 5.56. The second-order valence-electron chi connectivity index (χ2n) is 5.55. The molecule has 1 heterocycles. The minimum absolute atomic E-state index is 0.268. The van der Waals surface area contributed by atoms with Crippen molar-refractivity contribution >= 4 is 0 Å². The van der Waals surface area contributed by atoms with Gasteiger partial charge >= 0.3 is 0 Å². The van der Waals surface area contributed by atoms with Gasteiger partial charge in [0.25, 0.3) is 0 Å². The first-order valence-electron chi connectivity index (χ1n) is 7.30. The van der Waals surface area contributed by atoms with Crippen LogP contribution >= 0.6 is 0 Å². The molecule has 0 radical (unpaired) electrons. The van der Waals surface area contributed by atoms with Crippen molar-refractivity contribution in [2.45, 2.75) is 70.0 Å². The predicted molar refractivity (Wildman–Crippen MR) is 72.8 cm³/mol. The molecule has 2 nitrogen and oxygen atoms in total. The van der Waals surface area contributed by atoms with Crippen molar-refractivity contribution in [3.8, 4) is 12.3 Å². The van der Waals surface area contributed by atoms with Gasteiger partial charge in [0.05, 0.1) is 6.04 Å². The molecule has 17 heavy (non-hydrogen) atoms. The summed E-state index contributed by atoms with van der Waals surface area (Å²) in [7, 11) is 0.